The fourth-order valence-corrected chi connectivity index (χ4v) is 2.50. The van der Waals surface area contributed by atoms with Crippen LogP contribution in [0, 0.1) is 16.7 Å². The maximum Gasteiger partial charge on any atom is 0.201 e. The molecule has 0 saturated carbocycles. The Labute approximate surface area is 155 Å². The molecular weight excluding hydrogens is 350 g/mol. The summed E-state index contributed by atoms with van der Waals surface area (Å²) in [4.78, 5) is 0. The second kappa shape index (κ2) is 7.55. The second-order valence-corrected chi connectivity index (χ2v) is 5.76. The molecule has 0 bridgehead atoms. The highest BCUT2D eigenvalue weighted by Gasteiger charge is 2.06. The van der Waals surface area contributed by atoms with Crippen LogP contribution in [0.1, 0.15) is 0 Å². The van der Waals surface area contributed by atoms with Gasteiger partial charge in [-0.05, 0) is 41.1 Å². The third kappa shape index (κ3) is 3.91. The second-order valence-electron chi connectivity index (χ2n) is 5.35. The molecular formula is C19H14ClN5O. The first-order valence-corrected chi connectivity index (χ1v) is 7.99. The Kier molecular flexibility index (Phi) is 5.02. The van der Waals surface area contributed by atoms with E-state index in [9.17, 15) is 0 Å². The van der Waals surface area contributed by atoms with Crippen LogP contribution in [-0.4, -0.2) is 11.5 Å². The Bertz CT molecular complexity index is 1060. The molecule has 0 aromatic heterocycles. The number of benzene rings is 3. The number of rotatable bonds is 5. The third-order valence-corrected chi connectivity index (χ3v) is 3.83. The standard InChI is InChI=1S/C19H14ClN5O/c20-16-10-14(24-25-17(11-21)19(22)23)6-8-18(16)26-15-7-5-12-3-1-2-4-13(12)9-15/h1-10,24H,(H3,22,23)/b25-17+. The number of hydrogen-bond donors (Lipinski definition) is 3. The zero-order valence-electron chi connectivity index (χ0n) is 13.5. The molecule has 0 atom stereocenters. The molecule has 0 radical (unpaired) electrons. The summed E-state index contributed by atoms with van der Waals surface area (Å²) in [6.07, 6.45) is 0. The Morgan fingerprint density at radius 1 is 1.12 bits per heavy atom. The van der Waals surface area contributed by atoms with Crippen molar-refractivity contribution in [2.75, 3.05) is 5.43 Å². The molecule has 0 spiro atoms. The SMILES string of the molecule is N#C/C(=N\Nc1ccc(Oc2ccc3ccccc3c2)c(Cl)c1)C(=N)N. The monoisotopic (exact) mass is 363 g/mol. The minimum Gasteiger partial charge on any atom is -0.456 e. The number of ether oxygens (including phenoxy) is 1. The van der Waals surface area contributed by atoms with Gasteiger partial charge >= 0.3 is 0 Å². The van der Waals surface area contributed by atoms with Crippen LogP contribution in [0.3, 0.4) is 0 Å². The molecule has 26 heavy (non-hydrogen) atoms. The summed E-state index contributed by atoms with van der Waals surface area (Å²) in [6.45, 7) is 0. The third-order valence-electron chi connectivity index (χ3n) is 3.54. The Hall–Kier alpha value is -3.56. The van der Waals surface area contributed by atoms with Gasteiger partial charge in [0.05, 0.1) is 10.7 Å². The lowest BCUT2D eigenvalue weighted by molar-refractivity contribution is 0.484. The molecule has 0 heterocycles. The smallest absolute Gasteiger partial charge is 0.201 e. The molecule has 4 N–H and O–H groups in total. The van der Waals surface area contributed by atoms with Crippen molar-refractivity contribution in [1.82, 2.24) is 0 Å². The van der Waals surface area contributed by atoms with Gasteiger partial charge in [-0.2, -0.15) is 10.4 Å². The highest BCUT2D eigenvalue weighted by molar-refractivity contribution is 6.45. The van der Waals surface area contributed by atoms with Gasteiger partial charge in [-0.25, -0.2) is 0 Å². The summed E-state index contributed by atoms with van der Waals surface area (Å²) in [7, 11) is 0. The number of nitrogens with one attached hydrogen (secondary N) is 2. The van der Waals surface area contributed by atoms with Crippen LogP contribution in [0.2, 0.25) is 5.02 Å². The highest BCUT2D eigenvalue weighted by Crippen LogP contribution is 2.32. The van der Waals surface area contributed by atoms with Crippen LogP contribution >= 0.6 is 11.6 Å². The van der Waals surface area contributed by atoms with E-state index < -0.39 is 5.84 Å². The van der Waals surface area contributed by atoms with Gasteiger partial charge in [-0.15, -0.1) is 0 Å². The summed E-state index contributed by atoms with van der Waals surface area (Å²) < 4.78 is 5.86. The van der Waals surface area contributed by atoms with Crippen molar-refractivity contribution in [3.63, 3.8) is 0 Å². The summed E-state index contributed by atoms with van der Waals surface area (Å²) in [5, 5.41) is 22.4. The first kappa shape index (κ1) is 17.3. The van der Waals surface area contributed by atoms with Crippen molar-refractivity contribution in [3.8, 4) is 17.6 Å². The number of hydrazone groups is 1. The molecule has 6 nitrogen and oxygen atoms in total. The molecule has 0 unspecified atom stereocenters. The molecule has 3 rings (SSSR count). The summed E-state index contributed by atoms with van der Waals surface area (Å²) >= 11 is 6.26. The molecule has 0 aliphatic heterocycles. The van der Waals surface area contributed by atoms with Gasteiger partial charge < -0.3 is 10.5 Å². The van der Waals surface area contributed by atoms with Crippen molar-refractivity contribution < 1.29 is 4.74 Å². The van der Waals surface area contributed by atoms with Gasteiger partial charge in [0.2, 0.25) is 5.71 Å². The van der Waals surface area contributed by atoms with E-state index in [-0.39, 0.29) is 5.71 Å². The number of halogens is 1. The van der Waals surface area contributed by atoms with Crippen LogP contribution < -0.4 is 15.9 Å². The summed E-state index contributed by atoms with van der Waals surface area (Å²) in [5.74, 6) is 0.749. The number of nitrogens with zero attached hydrogens (tertiary/aromatic N) is 2. The molecule has 0 amide bonds. The quantitative estimate of drug-likeness (QED) is 0.352. The number of nitriles is 1. The molecule has 0 saturated heterocycles. The zero-order valence-corrected chi connectivity index (χ0v) is 14.3. The van der Waals surface area contributed by atoms with Crippen molar-refractivity contribution in [1.29, 1.82) is 10.7 Å². The topological polar surface area (TPSA) is 107 Å². The van der Waals surface area contributed by atoms with E-state index in [2.05, 4.69) is 10.5 Å². The van der Waals surface area contributed by atoms with E-state index in [1.165, 1.54) is 0 Å². The van der Waals surface area contributed by atoms with Gasteiger partial charge in [0.25, 0.3) is 0 Å². The number of fused-ring (bicyclic) bond motifs is 1. The molecule has 0 fully saturated rings. The van der Waals surface area contributed by atoms with Crippen molar-refractivity contribution >= 4 is 39.6 Å². The fourth-order valence-electron chi connectivity index (χ4n) is 2.28. The molecule has 128 valence electrons. The van der Waals surface area contributed by atoms with Crippen molar-refractivity contribution in [3.05, 3.63) is 65.7 Å². The number of nitrogens with two attached hydrogens (primary N) is 1. The van der Waals surface area contributed by atoms with Gasteiger partial charge in [0.15, 0.2) is 5.84 Å². The maximum absolute atomic E-state index is 8.82. The minimum absolute atomic E-state index is 0.211. The van der Waals surface area contributed by atoms with E-state index in [1.54, 1.807) is 24.3 Å². The van der Waals surface area contributed by atoms with Crippen LogP contribution in [0.5, 0.6) is 11.5 Å². The summed E-state index contributed by atoms with van der Waals surface area (Å²) in [5.41, 5.74) is 8.20. The average molecular weight is 364 g/mol. The van der Waals surface area contributed by atoms with Crippen LogP contribution in [0.15, 0.2) is 65.8 Å². The van der Waals surface area contributed by atoms with E-state index in [4.69, 9.17) is 32.7 Å². The molecule has 0 aliphatic carbocycles. The zero-order chi connectivity index (χ0) is 18.5. The molecule has 3 aromatic rings. The fraction of sp³-hybridized carbons (Fsp3) is 0. The highest BCUT2D eigenvalue weighted by atomic mass is 35.5. The predicted octanol–water partition coefficient (Wildman–Crippen LogP) is 4.51. The van der Waals surface area contributed by atoms with Crippen LogP contribution in [-0.2, 0) is 0 Å². The summed E-state index contributed by atoms with van der Waals surface area (Å²) in [6, 6.07) is 20.5. The lowest BCUT2D eigenvalue weighted by atomic mass is 10.1. The van der Waals surface area contributed by atoms with Crippen LogP contribution in [0.4, 0.5) is 5.69 Å². The first-order valence-electron chi connectivity index (χ1n) is 7.61. The van der Waals surface area contributed by atoms with Crippen LogP contribution in [0.25, 0.3) is 10.8 Å². The normalized spacial score (nSPS) is 11.0. The van der Waals surface area contributed by atoms with Gasteiger partial charge in [0, 0.05) is 0 Å². The lowest BCUT2D eigenvalue weighted by Crippen LogP contribution is -2.21. The number of anilines is 1. The Balaban J connectivity index is 1.79. The Morgan fingerprint density at radius 3 is 2.58 bits per heavy atom. The van der Waals surface area contributed by atoms with Crippen molar-refractivity contribution in [2.24, 2.45) is 10.8 Å². The molecule has 0 aliphatic rings. The number of hydrogen-bond acceptors (Lipinski definition) is 5. The van der Waals surface area contributed by atoms with E-state index >= 15 is 0 Å². The Morgan fingerprint density at radius 2 is 1.88 bits per heavy atom. The number of amidine groups is 1. The average Bonchev–Trinajstić information content (AvgIpc) is 2.64. The predicted molar refractivity (Wildman–Crippen MR) is 104 cm³/mol. The lowest BCUT2D eigenvalue weighted by Gasteiger charge is -2.10. The van der Waals surface area contributed by atoms with E-state index in [0.717, 1.165) is 10.8 Å². The van der Waals surface area contributed by atoms with E-state index in [1.807, 2.05) is 42.5 Å². The van der Waals surface area contributed by atoms with Crippen molar-refractivity contribution in [2.45, 2.75) is 0 Å². The minimum atomic E-state index is -0.414. The maximum atomic E-state index is 8.82. The molecule has 3 aromatic carbocycles. The van der Waals surface area contributed by atoms with Gasteiger partial charge in [-0.1, -0.05) is 41.9 Å². The van der Waals surface area contributed by atoms with Gasteiger partial charge in [0.1, 0.15) is 17.6 Å². The first-order chi connectivity index (χ1) is 12.6. The van der Waals surface area contributed by atoms with E-state index in [0.29, 0.717) is 22.2 Å². The molecule has 7 heteroatoms. The largest absolute Gasteiger partial charge is 0.456 e. The van der Waals surface area contributed by atoms with Gasteiger partial charge in [-0.3, -0.25) is 10.8 Å².